The van der Waals surface area contributed by atoms with E-state index in [0.717, 1.165) is 59.3 Å². The summed E-state index contributed by atoms with van der Waals surface area (Å²) >= 11 is 1.69. The molecule has 36 heavy (non-hydrogen) atoms. The van der Waals surface area contributed by atoms with Crippen molar-refractivity contribution in [3.05, 3.63) is 70.4 Å². The summed E-state index contributed by atoms with van der Waals surface area (Å²) in [6, 6.07) is 15.8. The normalized spacial score (nSPS) is 15.8. The number of carbonyl (C=O) groups is 1. The Kier molecular flexibility index (Phi) is 6.19. The van der Waals surface area contributed by atoms with Crippen LogP contribution in [0.4, 0.5) is 0 Å². The van der Waals surface area contributed by atoms with Gasteiger partial charge in [-0.2, -0.15) is 0 Å². The molecule has 0 atom stereocenters. The van der Waals surface area contributed by atoms with E-state index in [1.54, 1.807) is 11.3 Å². The van der Waals surface area contributed by atoms with Gasteiger partial charge >= 0.3 is 0 Å². The highest BCUT2D eigenvalue weighted by Gasteiger charge is 2.27. The highest BCUT2D eigenvalue weighted by atomic mass is 32.1. The SMILES string of the molecule is Cc1oc(-c2ccccc2)nc1CC(=O)N1CCC(c2nc(-c3ccc4c(c3)OCCO4)cs2)CC1. The first-order chi connectivity index (χ1) is 17.6. The van der Waals surface area contributed by atoms with Crippen LogP contribution in [0.5, 0.6) is 11.5 Å². The zero-order chi connectivity index (χ0) is 24.5. The third kappa shape index (κ3) is 4.60. The van der Waals surface area contributed by atoms with Crippen LogP contribution in [0.1, 0.15) is 35.2 Å². The van der Waals surface area contributed by atoms with Crippen molar-refractivity contribution < 1.29 is 18.7 Å². The second-order valence-electron chi connectivity index (χ2n) is 9.15. The van der Waals surface area contributed by atoms with Crippen LogP contribution >= 0.6 is 11.3 Å². The molecule has 0 saturated carbocycles. The van der Waals surface area contributed by atoms with Gasteiger partial charge in [0.25, 0.3) is 0 Å². The summed E-state index contributed by atoms with van der Waals surface area (Å²) in [6.45, 7) is 4.48. The molecule has 0 bridgehead atoms. The molecule has 184 valence electrons. The predicted octanol–water partition coefficient (Wildman–Crippen LogP) is 5.49. The first kappa shape index (κ1) is 22.8. The minimum absolute atomic E-state index is 0.0977. The number of likely N-dealkylation sites (tertiary alicyclic amines) is 1. The van der Waals surface area contributed by atoms with Crippen molar-refractivity contribution in [2.45, 2.75) is 32.1 Å². The van der Waals surface area contributed by atoms with E-state index in [9.17, 15) is 4.79 Å². The van der Waals surface area contributed by atoms with Crippen LogP contribution in [0.15, 0.2) is 58.3 Å². The molecule has 1 fully saturated rings. The molecule has 2 aromatic heterocycles. The fourth-order valence-corrected chi connectivity index (χ4v) is 5.74. The number of amides is 1. The molecule has 2 aliphatic rings. The highest BCUT2D eigenvalue weighted by molar-refractivity contribution is 7.10. The van der Waals surface area contributed by atoms with Crippen molar-refractivity contribution in [1.29, 1.82) is 0 Å². The smallest absolute Gasteiger partial charge is 0.228 e. The number of oxazole rings is 1. The standard InChI is InChI=1S/C28H27N3O4S/c1-18-22(29-27(35-18)19-5-3-2-4-6-19)16-26(32)31-11-9-20(10-12-31)28-30-23(17-36-28)21-7-8-24-25(15-21)34-14-13-33-24/h2-8,15,17,20H,9-14,16H2,1H3. The Balaban J connectivity index is 1.07. The number of rotatable bonds is 5. The van der Waals surface area contributed by atoms with Gasteiger partial charge in [-0.15, -0.1) is 11.3 Å². The summed E-state index contributed by atoms with van der Waals surface area (Å²) in [5.41, 5.74) is 3.62. The van der Waals surface area contributed by atoms with Crippen molar-refractivity contribution in [3.63, 3.8) is 0 Å². The average Bonchev–Trinajstić information content (AvgIpc) is 3.56. The second-order valence-corrected chi connectivity index (χ2v) is 10.0. The molecule has 7 nitrogen and oxygen atoms in total. The van der Waals surface area contributed by atoms with Gasteiger partial charge in [0.15, 0.2) is 11.5 Å². The number of hydrogen-bond donors (Lipinski definition) is 0. The number of piperidine rings is 1. The van der Waals surface area contributed by atoms with E-state index < -0.39 is 0 Å². The molecule has 8 heteroatoms. The number of thiazole rings is 1. The molecule has 0 spiro atoms. The lowest BCUT2D eigenvalue weighted by atomic mass is 9.97. The van der Waals surface area contributed by atoms with Crippen molar-refractivity contribution in [2.24, 2.45) is 0 Å². The van der Waals surface area contributed by atoms with Crippen LogP contribution in [0, 0.1) is 6.92 Å². The number of fused-ring (bicyclic) bond motifs is 1. The Morgan fingerprint density at radius 3 is 2.58 bits per heavy atom. The van der Waals surface area contributed by atoms with Gasteiger partial charge in [-0.25, -0.2) is 9.97 Å². The van der Waals surface area contributed by atoms with Crippen LogP contribution in [-0.2, 0) is 11.2 Å². The summed E-state index contributed by atoms with van der Waals surface area (Å²) in [5.74, 6) is 3.29. The molecular weight excluding hydrogens is 474 g/mol. The topological polar surface area (TPSA) is 77.7 Å². The van der Waals surface area contributed by atoms with Gasteiger partial charge in [0, 0.05) is 35.5 Å². The Hall–Kier alpha value is -3.65. The van der Waals surface area contributed by atoms with Crippen LogP contribution < -0.4 is 9.47 Å². The summed E-state index contributed by atoms with van der Waals surface area (Å²) in [6.07, 6.45) is 2.08. The third-order valence-electron chi connectivity index (χ3n) is 6.79. The van der Waals surface area contributed by atoms with Gasteiger partial charge in [0.05, 0.1) is 22.8 Å². The van der Waals surface area contributed by atoms with E-state index in [2.05, 4.69) is 10.4 Å². The first-order valence-electron chi connectivity index (χ1n) is 12.3. The maximum atomic E-state index is 13.0. The summed E-state index contributed by atoms with van der Waals surface area (Å²) in [5, 5.41) is 3.24. The zero-order valence-electron chi connectivity index (χ0n) is 20.1. The quantitative estimate of drug-likeness (QED) is 0.360. The van der Waals surface area contributed by atoms with Gasteiger partial charge in [-0.05, 0) is 50.1 Å². The number of nitrogens with zero attached hydrogens (tertiary/aromatic N) is 3. The molecule has 1 saturated heterocycles. The van der Waals surface area contributed by atoms with Crippen molar-refractivity contribution in [3.8, 4) is 34.2 Å². The predicted molar refractivity (Wildman–Crippen MR) is 137 cm³/mol. The van der Waals surface area contributed by atoms with Gasteiger partial charge < -0.3 is 18.8 Å². The van der Waals surface area contributed by atoms with E-state index in [1.165, 1.54) is 0 Å². The number of benzene rings is 2. The Labute approximate surface area is 213 Å². The number of ether oxygens (including phenoxy) is 2. The van der Waals surface area contributed by atoms with E-state index in [0.29, 0.717) is 36.5 Å². The number of carbonyl (C=O) groups excluding carboxylic acids is 1. The van der Waals surface area contributed by atoms with Crippen LogP contribution in [0.2, 0.25) is 0 Å². The second kappa shape index (κ2) is 9.78. The van der Waals surface area contributed by atoms with Gasteiger partial charge in [0.1, 0.15) is 19.0 Å². The van der Waals surface area contributed by atoms with Crippen molar-refractivity contribution >= 4 is 17.2 Å². The van der Waals surface area contributed by atoms with Gasteiger partial charge in [-0.1, -0.05) is 18.2 Å². The molecule has 0 unspecified atom stereocenters. The highest BCUT2D eigenvalue weighted by Crippen LogP contribution is 2.37. The van der Waals surface area contributed by atoms with E-state index in [1.807, 2.05) is 60.4 Å². The van der Waals surface area contributed by atoms with Crippen molar-refractivity contribution in [1.82, 2.24) is 14.9 Å². The van der Waals surface area contributed by atoms with Crippen molar-refractivity contribution in [2.75, 3.05) is 26.3 Å². The summed E-state index contributed by atoms with van der Waals surface area (Å²) in [7, 11) is 0. The minimum atomic E-state index is 0.0977. The first-order valence-corrected chi connectivity index (χ1v) is 13.2. The van der Waals surface area contributed by atoms with E-state index in [4.69, 9.17) is 18.9 Å². The largest absolute Gasteiger partial charge is 0.486 e. The number of aromatic nitrogens is 2. The Morgan fingerprint density at radius 1 is 1.00 bits per heavy atom. The lowest BCUT2D eigenvalue weighted by Crippen LogP contribution is -2.38. The number of hydrogen-bond acceptors (Lipinski definition) is 7. The number of aryl methyl sites for hydroxylation is 1. The lowest BCUT2D eigenvalue weighted by Gasteiger charge is -2.31. The van der Waals surface area contributed by atoms with Crippen LogP contribution in [-0.4, -0.2) is 47.1 Å². The molecule has 2 aliphatic heterocycles. The zero-order valence-corrected chi connectivity index (χ0v) is 20.9. The molecule has 4 aromatic rings. The Morgan fingerprint density at radius 2 is 1.78 bits per heavy atom. The average molecular weight is 502 g/mol. The molecule has 6 rings (SSSR count). The maximum Gasteiger partial charge on any atom is 0.228 e. The van der Waals surface area contributed by atoms with Crippen LogP contribution in [0.25, 0.3) is 22.7 Å². The minimum Gasteiger partial charge on any atom is -0.486 e. The van der Waals surface area contributed by atoms with Gasteiger partial charge in [-0.3, -0.25) is 4.79 Å². The lowest BCUT2D eigenvalue weighted by molar-refractivity contribution is -0.131. The summed E-state index contributed by atoms with van der Waals surface area (Å²) < 4.78 is 17.2. The molecule has 0 radical (unpaired) electrons. The molecule has 0 aliphatic carbocycles. The summed E-state index contributed by atoms with van der Waals surface area (Å²) in [4.78, 5) is 24.5. The maximum absolute atomic E-state index is 13.0. The van der Waals surface area contributed by atoms with E-state index in [-0.39, 0.29) is 12.3 Å². The van der Waals surface area contributed by atoms with Gasteiger partial charge in [0.2, 0.25) is 11.8 Å². The third-order valence-corrected chi connectivity index (χ3v) is 7.80. The fourth-order valence-electron chi connectivity index (χ4n) is 4.74. The van der Waals surface area contributed by atoms with E-state index >= 15 is 0 Å². The molecular formula is C28H27N3O4S. The molecule has 1 amide bonds. The molecule has 4 heterocycles. The monoisotopic (exact) mass is 501 g/mol. The molecule has 2 aromatic carbocycles. The fraction of sp³-hybridized carbons (Fsp3) is 0.321. The molecule has 0 N–H and O–H groups in total. The van der Waals surface area contributed by atoms with Crippen LogP contribution in [0.3, 0.4) is 0 Å². The Bertz CT molecular complexity index is 1370.